The Labute approximate surface area is 144 Å². The number of nitrogens with one attached hydrogen (secondary N) is 1. The molecule has 0 aliphatic heterocycles. The van der Waals surface area contributed by atoms with E-state index in [4.69, 9.17) is 9.15 Å². The van der Waals surface area contributed by atoms with Crippen molar-refractivity contribution in [3.05, 3.63) is 53.7 Å². The van der Waals surface area contributed by atoms with E-state index in [-0.39, 0.29) is 24.1 Å². The number of halogens is 1. The number of carboxylic acid groups (broad SMARTS) is 1. The van der Waals surface area contributed by atoms with E-state index in [0.29, 0.717) is 17.9 Å². The van der Waals surface area contributed by atoms with E-state index >= 15 is 0 Å². The third-order valence-corrected chi connectivity index (χ3v) is 3.85. The molecule has 2 rings (SSSR count). The van der Waals surface area contributed by atoms with E-state index < -0.39 is 17.9 Å². The lowest BCUT2D eigenvalue weighted by molar-refractivity contribution is -0.140. The summed E-state index contributed by atoms with van der Waals surface area (Å²) < 4.78 is 23.6. The molecule has 134 valence electrons. The molecule has 1 amide bonds. The highest BCUT2D eigenvalue weighted by Gasteiger charge is 2.26. The number of carbonyl (C=O) groups excluding carboxylic acids is 1. The standard InChI is InChI=1S/C18H20FNO5/c1-3-11(2)16(18(22)23)20-17(21)15-9-8-14(25-15)10-24-13-6-4-12(19)5-7-13/h4-9,11,16H,3,10H2,1-2H3,(H,20,21)(H,22,23). The van der Waals surface area contributed by atoms with Gasteiger partial charge in [0.05, 0.1) is 0 Å². The lowest BCUT2D eigenvalue weighted by atomic mass is 9.99. The van der Waals surface area contributed by atoms with Gasteiger partial charge in [-0.3, -0.25) is 4.79 Å². The lowest BCUT2D eigenvalue weighted by Crippen LogP contribution is -2.44. The molecule has 1 aromatic carbocycles. The zero-order chi connectivity index (χ0) is 18.4. The molecule has 0 spiro atoms. The Balaban J connectivity index is 1.96. The van der Waals surface area contributed by atoms with Gasteiger partial charge in [-0.15, -0.1) is 0 Å². The quantitative estimate of drug-likeness (QED) is 0.764. The number of furan rings is 1. The maximum Gasteiger partial charge on any atom is 0.326 e. The maximum absolute atomic E-state index is 12.8. The van der Waals surface area contributed by atoms with Crippen molar-refractivity contribution in [3.63, 3.8) is 0 Å². The highest BCUT2D eigenvalue weighted by Crippen LogP contribution is 2.16. The topological polar surface area (TPSA) is 88.8 Å². The minimum absolute atomic E-state index is 0.00672. The molecule has 0 radical (unpaired) electrons. The molecule has 7 heteroatoms. The third kappa shape index (κ3) is 5.07. The highest BCUT2D eigenvalue weighted by molar-refractivity contribution is 5.94. The molecule has 25 heavy (non-hydrogen) atoms. The van der Waals surface area contributed by atoms with E-state index in [0.717, 1.165) is 0 Å². The fourth-order valence-electron chi connectivity index (χ4n) is 2.16. The average molecular weight is 349 g/mol. The fraction of sp³-hybridized carbons (Fsp3) is 0.333. The number of hydrogen-bond donors (Lipinski definition) is 2. The van der Waals surface area contributed by atoms with Crippen molar-refractivity contribution in [2.24, 2.45) is 5.92 Å². The Bertz CT molecular complexity index is 725. The van der Waals surface area contributed by atoms with Crippen LogP contribution in [0, 0.1) is 11.7 Å². The molecular weight excluding hydrogens is 329 g/mol. The summed E-state index contributed by atoms with van der Waals surface area (Å²) in [6.07, 6.45) is 0.617. The minimum atomic E-state index is -1.09. The number of rotatable bonds is 8. The summed E-state index contributed by atoms with van der Waals surface area (Å²) in [4.78, 5) is 23.4. The van der Waals surface area contributed by atoms with Gasteiger partial charge >= 0.3 is 5.97 Å². The molecule has 0 fully saturated rings. The van der Waals surface area contributed by atoms with Crippen LogP contribution in [0.25, 0.3) is 0 Å². The number of aliphatic carboxylic acids is 1. The predicted molar refractivity (Wildman–Crippen MR) is 87.8 cm³/mol. The van der Waals surface area contributed by atoms with Crippen LogP contribution in [0.5, 0.6) is 5.75 Å². The summed E-state index contributed by atoms with van der Waals surface area (Å²) in [7, 11) is 0. The summed E-state index contributed by atoms with van der Waals surface area (Å²) in [5.74, 6) is -1.39. The molecule has 0 aliphatic rings. The number of carboxylic acids is 1. The first-order valence-corrected chi connectivity index (χ1v) is 7.91. The van der Waals surface area contributed by atoms with Gasteiger partial charge in [-0.05, 0) is 42.3 Å². The minimum Gasteiger partial charge on any atom is -0.486 e. The van der Waals surface area contributed by atoms with Crippen molar-refractivity contribution in [1.29, 1.82) is 0 Å². The smallest absolute Gasteiger partial charge is 0.326 e. The highest BCUT2D eigenvalue weighted by atomic mass is 19.1. The summed E-state index contributed by atoms with van der Waals surface area (Å²) in [5.41, 5.74) is 0. The van der Waals surface area contributed by atoms with Gasteiger partial charge in [-0.1, -0.05) is 20.3 Å². The Hall–Kier alpha value is -2.83. The van der Waals surface area contributed by atoms with Crippen LogP contribution in [-0.2, 0) is 11.4 Å². The maximum atomic E-state index is 12.8. The molecule has 2 aromatic rings. The Morgan fingerprint density at radius 3 is 2.52 bits per heavy atom. The average Bonchev–Trinajstić information content (AvgIpc) is 3.07. The second-order valence-electron chi connectivity index (χ2n) is 5.68. The number of hydrogen-bond acceptors (Lipinski definition) is 4. The Morgan fingerprint density at radius 2 is 1.92 bits per heavy atom. The molecule has 2 atom stereocenters. The van der Waals surface area contributed by atoms with Crippen molar-refractivity contribution in [3.8, 4) is 5.75 Å². The van der Waals surface area contributed by atoms with Crippen LogP contribution in [0.4, 0.5) is 4.39 Å². The lowest BCUT2D eigenvalue weighted by Gasteiger charge is -2.19. The first-order chi connectivity index (χ1) is 11.9. The third-order valence-electron chi connectivity index (χ3n) is 3.85. The first-order valence-electron chi connectivity index (χ1n) is 7.91. The van der Waals surface area contributed by atoms with Gasteiger partial charge in [0.2, 0.25) is 0 Å². The van der Waals surface area contributed by atoms with E-state index in [9.17, 15) is 19.1 Å². The van der Waals surface area contributed by atoms with Crippen molar-refractivity contribution >= 4 is 11.9 Å². The number of ether oxygens (including phenoxy) is 1. The number of amides is 1. The van der Waals surface area contributed by atoms with Gasteiger partial charge in [-0.2, -0.15) is 0 Å². The normalized spacial score (nSPS) is 13.1. The van der Waals surface area contributed by atoms with Gasteiger partial charge in [0.25, 0.3) is 5.91 Å². The van der Waals surface area contributed by atoms with Crippen LogP contribution in [0.3, 0.4) is 0 Å². The molecule has 0 saturated heterocycles. The summed E-state index contributed by atoms with van der Waals surface area (Å²) >= 11 is 0. The Morgan fingerprint density at radius 1 is 1.24 bits per heavy atom. The van der Waals surface area contributed by atoms with Crippen LogP contribution in [-0.4, -0.2) is 23.0 Å². The molecule has 0 bridgehead atoms. The van der Waals surface area contributed by atoms with Crippen molar-refractivity contribution in [1.82, 2.24) is 5.32 Å². The molecule has 6 nitrogen and oxygen atoms in total. The van der Waals surface area contributed by atoms with Crippen LogP contribution in [0.2, 0.25) is 0 Å². The largest absolute Gasteiger partial charge is 0.486 e. The summed E-state index contributed by atoms with van der Waals surface area (Å²) in [6, 6.07) is 7.55. The Kier molecular flexibility index (Phi) is 6.16. The molecule has 2 N–H and O–H groups in total. The van der Waals surface area contributed by atoms with Gasteiger partial charge in [0.1, 0.15) is 30.0 Å². The number of benzene rings is 1. The monoisotopic (exact) mass is 349 g/mol. The molecule has 0 saturated carbocycles. The van der Waals surface area contributed by atoms with E-state index in [2.05, 4.69) is 5.32 Å². The predicted octanol–water partition coefficient (Wildman–Crippen LogP) is 3.23. The van der Waals surface area contributed by atoms with Gasteiger partial charge < -0.3 is 19.6 Å². The summed E-state index contributed by atoms with van der Waals surface area (Å²) in [6.45, 7) is 3.67. The zero-order valence-electron chi connectivity index (χ0n) is 14.0. The van der Waals surface area contributed by atoms with Gasteiger partial charge in [0, 0.05) is 0 Å². The molecular formula is C18H20FNO5. The van der Waals surface area contributed by atoms with Crippen molar-refractivity contribution in [2.45, 2.75) is 32.9 Å². The van der Waals surface area contributed by atoms with Crippen LogP contribution in [0.15, 0.2) is 40.8 Å². The molecule has 0 aliphatic carbocycles. The van der Waals surface area contributed by atoms with Crippen molar-refractivity contribution < 1.29 is 28.2 Å². The molecule has 1 aromatic heterocycles. The SMILES string of the molecule is CCC(C)C(NC(=O)c1ccc(COc2ccc(F)cc2)o1)C(=O)O. The zero-order valence-corrected chi connectivity index (χ0v) is 14.0. The van der Waals surface area contributed by atoms with E-state index in [1.54, 1.807) is 13.0 Å². The van der Waals surface area contributed by atoms with Crippen molar-refractivity contribution in [2.75, 3.05) is 0 Å². The van der Waals surface area contributed by atoms with E-state index in [1.807, 2.05) is 6.92 Å². The van der Waals surface area contributed by atoms with Gasteiger partial charge in [-0.25, -0.2) is 9.18 Å². The first kappa shape index (κ1) is 18.5. The fourth-order valence-corrected chi connectivity index (χ4v) is 2.16. The number of carbonyl (C=O) groups is 2. The summed E-state index contributed by atoms with van der Waals surface area (Å²) in [5, 5.41) is 11.7. The molecule has 2 unspecified atom stereocenters. The van der Waals surface area contributed by atoms with Crippen LogP contribution < -0.4 is 10.1 Å². The van der Waals surface area contributed by atoms with Crippen LogP contribution >= 0.6 is 0 Å². The second-order valence-corrected chi connectivity index (χ2v) is 5.68. The van der Waals surface area contributed by atoms with Gasteiger partial charge in [0.15, 0.2) is 5.76 Å². The van der Waals surface area contributed by atoms with Crippen LogP contribution in [0.1, 0.15) is 36.6 Å². The van der Waals surface area contributed by atoms with E-state index in [1.165, 1.54) is 30.3 Å². The second kappa shape index (κ2) is 8.32. The molecule has 1 heterocycles.